The molecule has 1 saturated heterocycles. The molecule has 1 heterocycles. The summed E-state index contributed by atoms with van der Waals surface area (Å²) in [4.78, 5) is 13.6. The van der Waals surface area contributed by atoms with Crippen molar-refractivity contribution in [1.29, 1.82) is 0 Å². The smallest absolute Gasteiger partial charge is 0.231 e. The van der Waals surface area contributed by atoms with Gasteiger partial charge in [0.05, 0.1) is 6.54 Å². The normalized spacial score (nSPS) is 32.2. The Morgan fingerprint density at radius 3 is 2.43 bits per heavy atom. The molecule has 21 heavy (non-hydrogen) atoms. The van der Waals surface area contributed by atoms with Crippen LogP contribution in [0.25, 0.3) is 0 Å². The van der Waals surface area contributed by atoms with Gasteiger partial charge in [-0.3, -0.25) is 9.69 Å². The van der Waals surface area contributed by atoms with Crippen LogP contribution in [0.4, 0.5) is 0 Å². The summed E-state index contributed by atoms with van der Waals surface area (Å²) >= 11 is 0. The number of rotatable bonds is 6. The third-order valence-corrected chi connectivity index (χ3v) is 5.43. The molecule has 3 rings (SSSR count). The summed E-state index contributed by atoms with van der Waals surface area (Å²) in [5.74, 6) is 1.55. The van der Waals surface area contributed by atoms with E-state index in [9.17, 15) is 4.79 Å². The zero-order valence-corrected chi connectivity index (χ0v) is 13.2. The predicted molar refractivity (Wildman–Crippen MR) is 84.9 cm³/mol. The van der Waals surface area contributed by atoms with Gasteiger partial charge in [-0.25, -0.2) is 0 Å². The summed E-state index contributed by atoms with van der Waals surface area (Å²) in [6.45, 7) is 2.51. The van der Waals surface area contributed by atoms with Gasteiger partial charge in [0.1, 0.15) is 0 Å². The highest BCUT2D eigenvalue weighted by molar-refractivity contribution is 5.75. The minimum atomic E-state index is -0.182. The lowest BCUT2D eigenvalue weighted by atomic mass is 9.88. The molecule has 2 aliphatic carbocycles. The van der Waals surface area contributed by atoms with E-state index < -0.39 is 0 Å². The van der Waals surface area contributed by atoms with E-state index in [1.54, 1.807) is 0 Å². The van der Waals surface area contributed by atoms with E-state index in [1.165, 1.54) is 57.8 Å². The Hall–Kier alpha value is -0.610. The van der Waals surface area contributed by atoms with Crippen molar-refractivity contribution in [2.24, 2.45) is 17.6 Å². The summed E-state index contributed by atoms with van der Waals surface area (Å²) in [5, 5.41) is 3.89. The van der Waals surface area contributed by atoms with Crippen molar-refractivity contribution in [1.82, 2.24) is 10.2 Å². The van der Waals surface area contributed by atoms with Crippen molar-refractivity contribution in [3.05, 3.63) is 0 Å². The van der Waals surface area contributed by atoms with Crippen LogP contribution in [-0.4, -0.2) is 42.5 Å². The fourth-order valence-electron chi connectivity index (χ4n) is 4.37. The summed E-state index contributed by atoms with van der Waals surface area (Å²) in [6.07, 6.45) is 12.3. The quantitative estimate of drug-likeness (QED) is 0.786. The van der Waals surface area contributed by atoms with E-state index in [1.807, 2.05) is 0 Å². The van der Waals surface area contributed by atoms with Gasteiger partial charge < -0.3 is 11.1 Å². The van der Waals surface area contributed by atoms with Crippen molar-refractivity contribution in [2.45, 2.75) is 69.9 Å². The van der Waals surface area contributed by atoms with Crippen molar-refractivity contribution >= 4 is 5.91 Å². The standard InChI is InChI=1S/C17H31N3O/c18-17(21)12-20-10-14(8-13-6-7-13)9-16(11-20)19-15-4-2-1-3-5-15/h13-16,19H,1-12H2,(H2,18,21). The molecule has 2 unspecified atom stereocenters. The molecule has 2 saturated carbocycles. The highest BCUT2D eigenvalue weighted by atomic mass is 16.1. The molecule has 2 atom stereocenters. The number of carbonyl (C=O) groups excluding carboxylic acids is 1. The monoisotopic (exact) mass is 293 g/mol. The van der Waals surface area contributed by atoms with Gasteiger partial charge >= 0.3 is 0 Å². The van der Waals surface area contributed by atoms with Gasteiger partial charge in [0, 0.05) is 25.2 Å². The minimum Gasteiger partial charge on any atom is -0.369 e. The van der Waals surface area contributed by atoms with Crippen LogP contribution in [0.1, 0.15) is 57.8 Å². The molecule has 0 aromatic carbocycles. The van der Waals surface area contributed by atoms with Crippen LogP contribution in [0.15, 0.2) is 0 Å². The summed E-state index contributed by atoms with van der Waals surface area (Å²) in [5.41, 5.74) is 5.41. The second-order valence-electron chi connectivity index (χ2n) is 7.64. The van der Waals surface area contributed by atoms with Crippen LogP contribution in [0.2, 0.25) is 0 Å². The average Bonchev–Trinajstić information content (AvgIpc) is 3.22. The van der Waals surface area contributed by atoms with Crippen molar-refractivity contribution in [2.75, 3.05) is 19.6 Å². The Morgan fingerprint density at radius 1 is 1.00 bits per heavy atom. The maximum atomic E-state index is 11.3. The van der Waals surface area contributed by atoms with E-state index in [0.717, 1.165) is 24.9 Å². The van der Waals surface area contributed by atoms with E-state index in [0.29, 0.717) is 18.6 Å². The van der Waals surface area contributed by atoms with E-state index in [-0.39, 0.29) is 5.91 Å². The maximum Gasteiger partial charge on any atom is 0.231 e. The lowest BCUT2D eigenvalue weighted by Gasteiger charge is -2.40. The number of nitrogens with two attached hydrogens (primary N) is 1. The summed E-state index contributed by atoms with van der Waals surface area (Å²) < 4.78 is 0. The van der Waals surface area contributed by atoms with Crippen molar-refractivity contribution < 1.29 is 4.79 Å². The van der Waals surface area contributed by atoms with Crippen LogP contribution in [0.3, 0.4) is 0 Å². The molecule has 1 amide bonds. The summed E-state index contributed by atoms with van der Waals surface area (Å²) in [6, 6.07) is 1.27. The fourth-order valence-corrected chi connectivity index (χ4v) is 4.37. The first kappa shape index (κ1) is 15.3. The minimum absolute atomic E-state index is 0.182. The molecule has 4 nitrogen and oxygen atoms in total. The fraction of sp³-hybridized carbons (Fsp3) is 0.941. The van der Waals surface area contributed by atoms with E-state index in [4.69, 9.17) is 5.73 Å². The van der Waals surface area contributed by atoms with Gasteiger partial charge in [0.2, 0.25) is 5.91 Å². The molecule has 0 bridgehead atoms. The number of hydrogen-bond acceptors (Lipinski definition) is 3. The van der Waals surface area contributed by atoms with Gasteiger partial charge in [-0.05, 0) is 37.5 Å². The molecule has 0 radical (unpaired) electrons. The molecule has 0 spiro atoms. The number of nitrogens with zero attached hydrogens (tertiary/aromatic N) is 1. The van der Waals surface area contributed by atoms with Gasteiger partial charge in [0.15, 0.2) is 0 Å². The number of nitrogens with one attached hydrogen (secondary N) is 1. The van der Waals surface area contributed by atoms with Crippen LogP contribution >= 0.6 is 0 Å². The Bertz CT molecular complexity index is 350. The van der Waals surface area contributed by atoms with Crippen LogP contribution in [0.5, 0.6) is 0 Å². The van der Waals surface area contributed by atoms with Crippen LogP contribution in [0, 0.1) is 11.8 Å². The number of amides is 1. The van der Waals surface area contributed by atoms with Crippen molar-refractivity contribution in [3.8, 4) is 0 Å². The highest BCUT2D eigenvalue weighted by Crippen LogP contribution is 2.38. The summed E-state index contributed by atoms with van der Waals surface area (Å²) in [7, 11) is 0. The molecular formula is C17H31N3O. The number of primary amides is 1. The second kappa shape index (κ2) is 7.10. The molecular weight excluding hydrogens is 262 g/mol. The van der Waals surface area contributed by atoms with Gasteiger partial charge in [-0.15, -0.1) is 0 Å². The first-order valence-electron chi connectivity index (χ1n) is 8.95. The van der Waals surface area contributed by atoms with E-state index in [2.05, 4.69) is 10.2 Å². The lowest BCUT2D eigenvalue weighted by Crippen LogP contribution is -2.53. The Balaban J connectivity index is 1.53. The van der Waals surface area contributed by atoms with Gasteiger partial charge in [-0.1, -0.05) is 32.1 Å². The third-order valence-electron chi connectivity index (χ3n) is 5.43. The van der Waals surface area contributed by atoms with Crippen LogP contribution < -0.4 is 11.1 Å². The first-order valence-corrected chi connectivity index (χ1v) is 8.95. The zero-order chi connectivity index (χ0) is 14.7. The molecule has 0 aromatic rings. The Morgan fingerprint density at radius 2 is 1.76 bits per heavy atom. The van der Waals surface area contributed by atoms with Gasteiger partial charge in [-0.2, -0.15) is 0 Å². The molecule has 120 valence electrons. The number of likely N-dealkylation sites (tertiary alicyclic amines) is 1. The van der Waals surface area contributed by atoms with E-state index >= 15 is 0 Å². The number of piperidine rings is 1. The van der Waals surface area contributed by atoms with Crippen molar-refractivity contribution in [3.63, 3.8) is 0 Å². The average molecular weight is 293 g/mol. The number of carbonyl (C=O) groups is 1. The SMILES string of the molecule is NC(=O)CN1CC(CC2CC2)CC(NC2CCCCC2)C1. The van der Waals surface area contributed by atoms with Gasteiger partial charge in [0.25, 0.3) is 0 Å². The third kappa shape index (κ3) is 4.96. The topological polar surface area (TPSA) is 58.4 Å². The highest BCUT2D eigenvalue weighted by Gasteiger charge is 2.33. The molecule has 4 heteroatoms. The lowest BCUT2D eigenvalue weighted by molar-refractivity contribution is -0.119. The second-order valence-corrected chi connectivity index (χ2v) is 7.64. The van der Waals surface area contributed by atoms with Crippen LogP contribution in [-0.2, 0) is 4.79 Å². The largest absolute Gasteiger partial charge is 0.369 e. The molecule has 3 N–H and O–H groups in total. The number of hydrogen-bond donors (Lipinski definition) is 2. The molecule has 3 aliphatic rings. The zero-order valence-electron chi connectivity index (χ0n) is 13.2. The Labute approximate surface area is 128 Å². The maximum absolute atomic E-state index is 11.3. The molecule has 0 aromatic heterocycles. The first-order chi connectivity index (χ1) is 10.2. The Kier molecular flexibility index (Phi) is 5.17. The molecule has 1 aliphatic heterocycles. The predicted octanol–water partition coefficient (Wildman–Crippen LogP) is 1.88. The molecule has 3 fully saturated rings.